The molecule has 20 heavy (non-hydrogen) atoms. The molecule has 0 unspecified atom stereocenters. The lowest BCUT2D eigenvalue weighted by Gasteiger charge is -2.38. The topological polar surface area (TPSA) is 44.1 Å². The summed E-state index contributed by atoms with van der Waals surface area (Å²) in [5, 5.41) is 8.91. The Morgan fingerprint density at radius 2 is 2.00 bits per heavy atom. The third kappa shape index (κ3) is 3.19. The van der Waals surface area contributed by atoms with E-state index in [0.717, 1.165) is 25.7 Å². The van der Waals surface area contributed by atoms with Crippen LogP contribution < -0.4 is 0 Å². The van der Waals surface area contributed by atoms with Crippen molar-refractivity contribution in [1.82, 2.24) is 4.90 Å². The minimum atomic E-state index is 0.0202. The summed E-state index contributed by atoms with van der Waals surface area (Å²) in [5.41, 5.74) is 1.55. The lowest BCUT2D eigenvalue weighted by atomic mass is 9.75. The third-order valence-electron chi connectivity index (χ3n) is 4.42. The van der Waals surface area contributed by atoms with Gasteiger partial charge in [0, 0.05) is 18.7 Å². The SMILES string of the molecule is CN(C(=O)c1cccc(C#N)c1)C1CCC(C)(C)CC1. The van der Waals surface area contributed by atoms with Gasteiger partial charge in [-0.1, -0.05) is 19.9 Å². The van der Waals surface area contributed by atoms with E-state index in [1.807, 2.05) is 11.9 Å². The Morgan fingerprint density at radius 3 is 2.60 bits per heavy atom. The molecule has 0 bridgehead atoms. The maximum absolute atomic E-state index is 12.5. The lowest BCUT2D eigenvalue weighted by molar-refractivity contribution is 0.0635. The van der Waals surface area contributed by atoms with Crippen molar-refractivity contribution in [3.63, 3.8) is 0 Å². The number of nitriles is 1. The Balaban J connectivity index is 2.07. The van der Waals surface area contributed by atoms with Gasteiger partial charge in [0.15, 0.2) is 0 Å². The lowest BCUT2D eigenvalue weighted by Crippen LogP contribution is -2.40. The molecule has 0 radical (unpaired) electrons. The predicted molar refractivity (Wildman–Crippen MR) is 79.3 cm³/mol. The molecule has 2 rings (SSSR count). The molecule has 1 amide bonds. The molecular weight excluding hydrogens is 248 g/mol. The second-order valence-electron chi connectivity index (χ2n) is 6.50. The van der Waals surface area contributed by atoms with E-state index in [2.05, 4.69) is 19.9 Å². The fourth-order valence-electron chi connectivity index (χ4n) is 2.86. The zero-order valence-electron chi connectivity index (χ0n) is 12.5. The number of carbonyl (C=O) groups is 1. The molecule has 0 aromatic heterocycles. The zero-order valence-corrected chi connectivity index (χ0v) is 12.5. The van der Waals surface area contributed by atoms with Crippen LogP contribution in [-0.4, -0.2) is 23.9 Å². The van der Waals surface area contributed by atoms with Crippen LogP contribution >= 0.6 is 0 Å². The highest BCUT2D eigenvalue weighted by molar-refractivity contribution is 5.94. The van der Waals surface area contributed by atoms with Gasteiger partial charge in [-0.15, -0.1) is 0 Å². The van der Waals surface area contributed by atoms with Crippen molar-refractivity contribution in [3.8, 4) is 6.07 Å². The van der Waals surface area contributed by atoms with Gasteiger partial charge >= 0.3 is 0 Å². The van der Waals surface area contributed by atoms with E-state index in [4.69, 9.17) is 5.26 Å². The van der Waals surface area contributed by atoms with Crippen molar-refractivity contribution in [2.75, 3.05) is 7.05 Å². The summed E-state index contributed by atoms with van der Waals surface area (Å²) < 4.78 is 0. The second kappa shape index (κ2) is 5.66. The van der Waals surface area contributed by atoms with Gasteiger partial charge in [0.2, 0.25) is 0 Å². The molecule has 0 saturated heterocycles. The van der Waals surface area contributed by atoms with Crippen LogP contribution in [0.4, 0.5) is 0 Å². The molecule has 3 heteroatoms. The van der Waals surface area contributed by atoms with Gasteiger partial charge in [-0.25, -0.2) is 0 Å². The van der Waals surface area contributed by atoms with Gasteiger partial charge in [0.05, 0.1) is 11.6 Å². The van der Waals surface area contributed by atoms with Gasteiger partial charge < -0.3 is 4.90 Å². The van der Waals surface area contributed by atoms with Crippen LogP contribution in [0, 0.1) is 16.7 Å². The van der Waals surface area contributed by atoms with Crippen LogP contribution in [0.15, 0.2) is 24.3 Å². The maximum atomic E-state index is 12.5. The van der Waals surface area contributed by atoms with Gasteiger partial charge in [-0.3, -0.25) is 4.79 Å². The smallest absolute Gasteiger partial charge is 0.253 e. The number of carbonyl (C=O) groups excluding carboxylic acids is 1. The van der Waals surface area contributed by atoms with E-state index in [1.165, 1.54) is 0 Å². The van der Waals surface area contributed by atoms with E-state index >= 15 is 0 Å². The quantitative estimate of drug-likeness (QED) is 0.824. The summed E-state index contributed by atoms with van der Waals surface area (Å²) in [7, 11) is 1.88. The summed E-state index contributed by atoms with van der Waals surface area (Å²) in [4.78, 5) is 14.3. The number of rotatable bonds is 2. The van der Waals surface area contributed by atoms with Crippen LogP contribution in [0.1, 0.15) is 55.5 Å². The highest BCUT2D eigenvalue weighted by Crippen LogP contribution is 2.36. The molecule has 0 atom stereocenters. The third-order valence-corrected chi connectivity index (χ3v) is 4.42. The van der Waals surface area contributed by atoms with Gasteiger partial charge in [-0.2, -0.15) is 5.26 Å². The number of nitrogens with zero attached hydrogens (tertiary/aromatic N) is 2. The summed E-state index contributed by atoms with van der Waals surface area (Å²) in [6.07, 6.45) is 4.45. The molecule has 0 N–H and O–H groups in total. The number of amides is 1. The summed E-state index contributed by atoms with van der Waals surface area (Å²) in [6.45, 7) is 4.59. The molecule has 0 aliphatic heterocycles. The average Bonchev–Trinajstić information content (AvgIpc) is 2.46. The molecule has 1 fully saturated rings. The van der Waals surface area contributed by atoms with E-state index in [1.54, 1.807) is 24.3 Å². The predicted octanol–water partition coefficient (Wildman–Crippen LogP) is 3.60. The van der Waals surface area contributed by atoms with Gasteiger partial charge in [-0.05, 0) is 49.3 Å². The van der Waals surface area contributed by atoms with E-state index < -0.39 is 0 Å². The Hall–Kier alpha value is -1.82. The van der Waals surface area contributed by atoms with Crippen molar-refractivity contribution in [2.24, 2.45) is 5.41 Å². The first-order valence-electron chi connectivity index (χ1n) is 7.20. The molecule has 1 aliphatic carbocycles. The first-order chi connectivity index (χ1) is 9.43. The van der Waals surface area contributed by atoms with Crippen LogP contribution in [0.25, 0.3) is 0 Å². The van der Waals surface area contributed by atoms with Crippen LogP contribution in [0.5, 0.6) is 0 Å². The fraction of sp³-hybridized carbons (Fsp3) is 0.529. The molecule has 1 aromatic carbocycles. The number of benzene rings is 1. The van der Waals surface area contributed by atoms with Crippen molar-refractivity contribution in [2.45, 2.75) is 45.6 Å². The van der Waals surface area contributed by atoms with E-state index in [9.17, 15) is 4.79 Å². The Morgan fingerprint density at radius 1 is 1.35 bits per heavy atom. The molecule has 1 aliphatic rings. The maximum Gasteiger partial charge on any atom is 0.253 e. The number of hydrogen-bond acceptors (Lipinski definition) is 2. The summed E-state index contributed by atoms with van der Waals surface area (Å²) in [6, 6.07) is 9.35. The molecule has 1 aromatic rings. The minimum Gasteiger partial charge on any atom is -0.339 e. The van der Waals surface area contributed by atoms with E-state index in [-0.39, 0.29) is 5.91 Å². The Labute approximate surface area is 121 Å². The summed E-state index contributed by atoms with van der Waals surface area (Å²) in [5.74, 6) is 0.0202. The van der Waals surface area contributed by atoms with E-state index in [0.29, 0.717) is 22.6 Å². The normalized spacial score (nSPS) is 18.3. The fourth-order valence-corrected chi connectivity index (χ4v) is 2.86. The van der Waals surface area contributed by atoms with Crippen LogP contribution in [0.3, 0.4) is 0 Å². The van der Waals surface area contributed by atoms with Crippen molar-refractivity contribution in [3.05, 3.63) is 35.4 Å². The zero-order chi connectivity index (χ0) is 14.8. The highest BCUT2D eigenvalue weighted by atomic mass is 16.2. The highest BCUT2D eigenvalue weighted by Gasteiger charge is 2.30. The molecule has 106 valence electrons. The molecular formula is C17H22N2O. The van der Waals surface area contributed by atoms with Crippen molar-refractivity contribution < 1.29 is 4.79 Å². The number of hydrogen-bond donors (Lipinski definition) is 0. The standard InChI is InChI=1S/C17H22N2O/c1-17(2)9-7-15(8-10-17)19(3)16(20)14-6-4-5-13(11-14)12-18/h4-6,11,15H,7-10H2,1-3H3. The van der Waals surface area contributed by atoms with Crippen molar-refractivity contribution in [1.29, 1.82) is 5.26 Å². The average molecular weight is 270 g/mol. The minimum absolute atomic E-state index is 0.0202. The molecule has 3 nitrogen and oxygen atoms in total. The first kappa shape index (κ1) is 14.6. The molecule has 0 heterocycles. The largest absolute Gasteiger partial charge is 0.339 e. The Kier molecular flexibility index (Phi) is 4.13. The molecule has 1 saturated carbocycles. The van der Waals surface area contributed by atoms with Crippen molar-refractivity contribution >= 4 is 5.91 Å². The van der Waals surface area contributed by atoms with Gasteiger partial charge in [0.1, 0.15) is 0 Å². The second-order valence-corrected chi connectivity index (χ2v) is 6.50. The van der Waals surface area contributed by atoms with Crippen LogP contribution in [0.2, 0.25) is 0 Å². The first-order valence-corrected chi connectivity index (χ1v) is 7.20. The van der Waals surface area contributed by atoms with Gasteiger partial charge in [0.25, 0.3) is 5.91 Å². The molecule has 0 spiro atoms. The summed E-state index contributed by atoms with van der Waals surface area (Å²) >= 11 is 0. The Bertz CT molecular complexity index is 532. The van der Waals surface area contributed by atoms with Crippen LogP contribution in [-0.2, 0) is 0 Å². The monoisotopic (exact) mass is 270 g/mol.